The average molecular weight is 232 g/mol. The third-order valence-corrected chi connectivity index (χ3v) is 3.95. The summed E-state index contributed by atoms with van der Waals surface area (Å²) >= 11 is 0. The summed E-state index contributed by atoms with van der Waals surface area (Å²) in [4.78, 5) is 2.44. The summed E-state index contributed by atoms with van der Waals surface area (Å²) in [6.07, 6.45) is 2.48. The molecule has 0 bridgehead atoms. The van der Waals surface area contributed by atoms with Gasteiger partial charge in [0.25, 0.3) is 0 Å². The Kier molecular flexibility index (Phi) is 3.72. The lowest BCUT2D eigenvalue weighted by molar-refractivity contribution is 0.190. The molecule has 0 aliphatic carbocycles. The maximum Gasteiger partial charge on any atom is 0.0372 e. The van der Waals surface area contributed by atoms with Gasteiger partial charge in [-0.1, -0.05) is 17.7 Å². The maximum absolute atomic E-state index is 3.70. The van der Waals surface area contributed by atoms with E-state index in [2.05, 4.69) is 56.2 Å². The molecule has 2 atom stereocenters. The van der Waals surface area contributed by atoms with Crippen molar-refractivity contribution in [3.05, 3.63) is 29.3 Å². The monoisotopic (exact) mass is 232 g/mol. The Hall–Kier alpha value is -1.02. The standard InChI is InChI=1S/C15H24N2/c1-11-5-6-15(12(2)9-11)16-14-7-8-17(4)13(3)10-14/h5-6,9,13-14,16H,7-8,10H2,1-4H3. The largest absolute Gasteiger partial charge is 0.382 e. The molecule has 2 unspecified atom stereocenters. The minimum atomic E-state index is 0.627. The van der Waals surface area contributed by atoms with E-state index in [-0.39, 0.29) is 0 Å². The summed E-state index contributed by atoms with van der Waals surface area (Å²) in [5, 5.41) is 3.70. The molecule has 1 heterocycles. The summed E-state index contributed by atoms with van der Waals surface area (Å²) in [5.74, 6) is 0. The molecule has 1 N–H and O–H groups in total. The van der Waals surface area contributed by atoms with Crippen LogP contribution in [-0.4, -0.2) is 30.6 Å². The van der Waals surface area contributed by atoms with Gasteiger partial charge in [-0.15, -0.1) is 0 Å². The predicted molar refractivity (Wildman–Crippen MR) is 74.7 cm³/mol. The van der Waals surface area contributed by atoms with Crippen LogP contribution in [0.2, 0.25) is 0 Å². The van der Waals surface area contributed by atoms with Crippen molar-refractivity contribution >= 4 is 5.69 Å². The lowest BCUT2D eigenvalue weighted by Crippen LogP contribution is -2.42. The molecule has 1 aromatic rings. The molecule has 0 aromatic heterocycles. The van der Waals surface area contributed by atoms with E-state index < -0.39 is 0 Å². The van der Waals surface area contributed by atoms with E-state index in [0.717, 1.165) is 0 Å². The molecule has 1 aliphatic heterocycles. The maximum atomic E-state index is 3.70. The number of likely N-dealkylation sites (tertiary alicyclic amines) is 1. The fraction of sp³-hybridized carbons (Fsp3) is 0.600. The smallest absolute Gasteiger partial charge is 0.0372 e. The van der Waals surface area contributed by atoms with Crippen molar-refractivity contribution < 1.29 is 0 Å². The highest BCUT2D eigenvalue weighted by atomic mass is 15.1. The molecule has 0 saturated carbocycles. The summed E-state index contributed by atoms with van der Waals surface area (Å²) in [6.45, 7) is 7.85. The Labute approximate surface area is 105 Å². The molecule has 17 heavy (non-hydrogen) atoms. The van der Waals surface area contributed by atoms with Crippen LogP contribution < -0.4 is 5.32 Å². The highest BCUT2D eigenvalue weighted by molar-refractivity contribution is 5.52. The molecule has 0 amide bonds. The van der Waals surface area contributed by atoms with Gasteiger partial charge in [0.15, 0.2) is 0 Å². The molecule has 1 saturated heterocycles. The zero-order valence-corrected chi connectivity index (χ0v) is 11.5. The van der Waals surface area contributed by atoms with E-state index in [9.17, 15) is 0 Å². The quantitative estimate of drug-likeness (QED) is 0.842. The topological polar surface area (TPSA) is 15.3 Å². The van der Waals surface area contributed by atoms with Crippen LogP contribution in [0.5, 0.6) is 0 Å². The molecule has 0 radical (unpaired) electrons. The Morgan fingerprint density at radius 2 is 2.06 bits per heavy atom. The van der Waals surface area contributed by atoms with E-state index in [1.807, 2.05) is 0 Å². The van der Waals surface area contributed by atoms with Gasteiger partial charge in [0, 0.05) is 24.3 Å². The lowest BCUT2D eigenvalue weighted by atomic mass is 9.98. The second-order valence-electron chi connectivity index (χ2n) is 5.51. The van der Waals surface area contributed by atoms with Gasteiger partial charge in [0.1, 0.15) is 0 Å². The van der Waals surface area contributed by atoms with Crippen LogP contribution in [0, 0.1) is 13.8 Å². The van der Waals surface area contributed by atoms with Crippen molar-refractivity contribution in [2.45, 2.75) is 45.7 Å². The van der Waals surface area contributed by atoms with Gasteiger partial charge in [-0.2, -0.15) is 0 Å². The van der Waals surface area contributed by atoms with Gasteiger partial charge in [-0.25, -0.2) is 0 Å². The van der Waals surface area contributed by atoms with E-state index in [1.54, 1.807) is 0 Å². The number of nitrogens with one attached hydrogen (secondary N) is 1. The minimum absolute atomic E-state index is 0.627. The first-order valence-corrected chi connectivity index (χ1v) is 6.60. The van der Waals surface area contributed by atoms with Gasteiger partial charge in [-0.3, -0.25) is 0 Å². The van der Waals surface area contributed by atoms with Crippen LogP contribution in [0.4, 0.5) is 5.69 Å². The van der Waals surface area contributed by atoms with Crippen molar-refractivity contribution in [3.63, 3.8) is 0 Å². The van der Waals surface area contributed by atoms with E-state index in [1.165, 1.54) is 36.2 Å². The van der Waals surface area contributed by atoms with Crippen molar-refractivity contribution in [2.24, 2.45) is 0 Å². The third kappa shape index (κ3) is 3.01. The SMILES string of the molecule is Cc1ccc(NC2CCN(C)C(C)C2)c(C)c1. The molecule has 94 valence electrons. The molecule has 1 aromatic carbocycles. The summed E-state index contributed by atoms with van der Waals surface area (Å²) in [7, 11) is 2.22. The highest BCUT2D eigenvalue weighted by Crippen LogP contribution is 2.22. The van der Waals surface area contributed by atoms with Gasteiger partial charge >= 0.3 is 0 Å². The normalized spacial score (nSPS) is 25.9. The third-order valence-electron chi connectivity index (χ3n) is 3.95. The fourth-order valence-corrected chi connectivity index (χ4v) is 2.62. The second-order valence-corrected chi connectivity index (χ2v) is 5.51. The first kappa shape index (κ1) is 12.4. The van der Waals surface area contributed by atoms with Crippen LogP contribution in [0.25, 0.3) is 0 Å². The van der Waals surface area contributed by atoms with Crippen LogP contribution in [0.1, 0.15) is 30.9 Å². The Morgan fingerprint density at radius 3 is 2.71 bits per heavy atom. The first-order valence-electron chi connectivity index (χ1n) is 6.60. The average Bonchev–Trinajstić information content (AvgIpc) is 2.27. The van der Waals surface area contributed by atoms with Gasteiger partial charge < -0.3 is 10.2 Å². The second kappa shape index (κ2) is 5.09. The van der Waals surface area contributed by atoms with E-state index in [0.29, 0.717) is 12.1 Å². The van der Waals surface area contributed by atoms with Crippen molar-refractivity contribution in [1.82, 2.24) is 4.90 Å². The zero-order chi connectivity index (χ0) is 12.4. The number of nitrogens with zero attached hydrogens (tertiary/aromatic N) is 1. The number of hydrogen-bond donors (Lipinski definition) is 1. The number of rotatable bonds is 2. The van der Waals surface area contributed by atoms with Gasteiger partial charge in [0.05, 0.1) is 0 Å². The molecule has 2 heteroatoms. The summed E-state index contributed by atoms with van der Waals surface area (Å²) in [5.41, 5.74) is 4.00. The lowest BCUT2D eigenvalue weighted by Gasteiger charge is -2.36. The molecule has 1 fully saturated rings. The van der Waals surface area contributed by atoms with Crippen LogP contribution in [-0.2, 0) is 0 Å². The number of piperidine rings is 1. The van der Waals surface area contributed by atoms with Crippen molar-refractivity contribution in [1.29, 1.82) is 0 Å². The molecular weight excluding hydrogens is 208 g/mol. The van der Waals surface area contributed by atoms with Gasteiger partial charge in [0.2, 0.25) is 0 Å². The zero-order valence-electron chi connectivity index (χ0n) is 11.5. The van der Waals surface area contributed by atoms with E-state index in [4.69, 9.17) is 0 Å². The van der Waals surface area contributed by atoms with Gasteiger partial charge in [-0.05, 0) is 52.3 Å². The van der Waals surface area contributed by atoms with Crippen molar-refractivity contribution in [2.75, 3.05) is 18.9 Å². The minimum Gasteiger partial charge on any atom is -0.382 e. The molecular formula is C15H24N2. The van der Waals surface area contributed by atoms with Crippen LogP contribution in [0.3, 0.4) is 0 Å². The van der Waals surface area contributed by atoms with Crippen LogP contribution >= 0.6 is 0 Å². The van der Waals surface area contributed by atoms with Crippen LogP contribution in [0.15, 0.2) is 18.2 Å². The Bertz CT molecular complexity index is 387. The highest BCUT2D eigenvalue weighted by Gasteiger charge is 2.22. The molecule has 2 rings (SSSR count). The number of anilines is 1. The predicted octanol–water partition coefficient (Wildman–Crippen LogP) is 3.20. The first-order chi connectivity index (χ1) is 8.06. The molecule has 0 spiro atoms. The summed E-state index contributed by atoms with van der Waals surface area (Å²) < 4.78 is 0. The summed E-state index contributed by atoms with van der Waals surface area (Å²) in [6, 6.07) is 7.97. The fourth-order valence-electron chi connectivity index (χ4n) is 2.62. The Balaban J connectivity index is 2.01. The van der Waals surface area contributed by atoms with Crippen molar-refractivity contribution in [3.8, 4) is 0 Å². The molecule has 1 aliphatic rings. The number of benzene rings is 1. The number of hydrogen-bond acceptors (Lipinski definition) is 2. The number of aryl methyl sites for hydroxylation is 2. The van der Waals surface area contributed by atoms with E-state index >= 15 is 0 Å². The Morgan fingerprint density at radius 1 is 1.29 bits per heavy atom. The molecule has 2 nitrogen and oxygen atoms in total.